The van der Waals surface area contributed by atoms with Crippen molar-refractivity contribution >= 4 is 33.2 Å². The van der Waals surface area contributed by atoms with Crippen molar-refractivity contribution in [2.24, 2.45) is 7.05 Å². The van der Waals surface area contributed by atoms with Gasteiger partial charge in [-0.25, -0.2) is 18.1 Å². The molecule has 0 aliphatic heterocycles. The van der Waals surface area contributed by atoms with Crippen molar-refractivity contribution in [2.45, 2.75) is 62.4 Å². The van der Waals surface area contributed by atoms with Crippen LogP contribution in [0.1, 0.15) is 68.1 Å². The summed E-state index contributed by atoms with van der Waals surface area (Å²) < 4.78 is 31.5. The fraction of sp³-hybridized carbons (Fsp3) is 0.312. The van der Waals surface area contributed by atoms with Crippen LogP contribution in [0.4, 0.5) is 5.69 Å². The highest BCUT2D eigenvalue weighted by molar-refractivity contribution is 7.89. The molecule has 0 fully saturated rings. The van der Waals surface area contributed by atoms with Crippen molar-refractivity contribution in [3.8, 4) is 0 Å². The van der Waals surface area contributed by atoms with E-state index in [1.54, 1.807) is 23.2 Å². The predicted octanol–water partition coefficient (Wildman–Crippen LogP) is 6.50. The number of sulfonamides is 1. The Labute approximate surface area is 247 Å². The lowest BCUT2D eigenvalue weighted by atomic mass is 9.86. The number of carbonyl (C=O) groups is 1. The molecule has 41 heavy (non-hydrogen) atoms. The van der Waals surface area contributed by atoms with E-state index in [1.165, 1.54) is 12.1 Å². The summed E-state index contributed by atoms with van der Waals surface area (Å²) in [6.45, 7) is 6.57. The molecule has 1 N–H and O–H groups in total. The van der Waals surface area contributed by atoms with Gasteiger partial charge in [-0.3, -0.25) is 4.79 Å². The third-order valence-electron chi connectivity index (χ3n) is 7.94. The molecule has 0 unspecified atom stereocenters. The van der Waals surface area contributed by atoms with E-state index in [9.17, 15) is 13.2 Å². The van der Waals surface area contributed by atoms with Gasteiger partial charge in [-0.1, -0.05) is 74.8 Å². The van der Waals surface area contributed by atoms with Gasteiger partial charge in [0.15, 0.2) is 0 Å². The third-order valence-corrected chi connectivity index (χ3v) is 9.65. The van der Waals surface area contributed by atoms with E-state index >= 15 is 0 Å². The maximum atomic E-state index is 13.9. The summed E-state index contributed by atoms with van der Waals surface area (Å²) in [5, 5.41) is 0.357. The minimum absolute atomic E-state index is 0.0261. The van der Waals surface area contributed by atoms with Crippen LogP contribution in [0.25, 0.3) is 0 Å². The fourth-order valence-electron chi connectivity index (χ4n) is 5.63. The number of halogens is 1. The van der Waals surface area contributed by atoms with Crippen LogP contribution in [0.3, 0.4) is 0 Å². The Hall–Kier alpha value is -3.46. The largest absolute Gasteiger partial charge is 0.337 e. The number of hydrogen-bond donors (Lipinski definition) is 1. The molecular weight excluding hydrogens is 556 g/mol. The van der Waals surface area contributed by atoms with Gasteiger partial charge in [0.1, 0.15) is 5.82 Å². The van der Waals surface area contributed by atoms with Crippen LogP contribution in [0.2, 0.25) is 5.02 Å². The van der Waals surface area contributed by atoms with Gasteiger partial charge in [-0.15, -0.1) is 0 Å². The zero-order valence-electron chi connectivity index (χ0n) is 23.7. The Bertz CT molecular complexity index is 1670. The van der Waals surface area contributed by atoms with E-state index in [0.717, 1.165) is 22.5 Å². The second kappa shape index (κ2) is 11.4. The molecule has 0 saturated heterocycles. The molecule has 9 heteroatoms. The SMILES string of the molecule is C[C@@H](CC(=O)N(Cc1nccn1C)c1ccc2c(c1)[C@@H](NS(=O)(=O)c1cccc(Cl)c1)CC2(C)C)c1ccccc1. The fourth-order valence-corrected chi connectivity index (χ4v) is 7.15. The van der Waals surface area contributed by atoms with Crippen molar-refractivity contribution in [1.29, 1.82) is 0 Å². The molecule has 1 amide bonds. The molecule has 0 radical (unpaired) electrons. The van der Waals surface area contributed by atoms with Gasteiger partial charge in [0, 0.05) is 42.6 Å². The first-order chi connectivity index (χ1) is 19.4. The summed E-state index contributed by atoms with van der Waals surface area (Å²) in [7, 11) is -1.92. The minimum Gasteiger partial charge on any atom is -0.337 e. The second-order valence-corrected chi connectivity index (χ2v) is 13.6. The maximum absolute atomic E-state index is 13.9. The second-order valence-electron chi connectivity index (χ2n) is 11.4. The lowest BCUT2D eigenvalue weighted by Gasteiger charge is -2.26. The van der Waals surface area contributed by atoms with Gasteiger partial charge in [-0.05, 0) is 64.8 Å². The van der Waals surface area contributed by atoms with Gasteiger partial charge >= 0.3 is 0 Å². The number of benzene rings is 3. The number of anilines is 1. The van der Waals surface area contributed by atoms with Gasteiger partial charge in [0.25, 0.3) is 0 Å². The van der Waals surface area contributed by atoms with Gasteiger partial charge in [0.05, 0.1) is 11.4 Å². The molecule has 2 atom stereocenters. The topological polar surface area (TPSA) is 84.3 Å². The summed E-state index contributed by atoms with van der Waals surface area (Å²) >= 11 is 6.09. The number of fused-ring (bicyclic) bond motifs is 1. The van der Waals surface area contributed by atoms with Crippen LogP contribution >= 0.6 is 11.6 Å². The standard InChI is InChI=1S/C32H35ClN4O3S/c1-22(23-9-6-5-7-10-23)17-31(38)37(21-30-34-15-16-36(30)4)25-13-14-28-27(19-25)29(20-32(28,2)3)35-41(39,40)26-12-8-11-24(33)18-26/h5-16,18-19,22,29,35H,17,20-21H2,1-4H3/t22-,29-/m0/s1. The molecular formula is C32H35ClN4O3S. The molecule has 4 aromatic rings. The lowest BCUT2D eigenvalue weighted by Crippen LogP contribution is -2.32. The smallest absolute Gasteiger partial charge is 0.241 e. The normalized spacial score (nSPS) is 16.8. The van der Waals surface area contributed by atoms with E-state index in [-0.39, 0.29) is 22.1 Å². The van der Waals surface area contributed by atoms with Crippen LogP contribution in [0.5, 0.6) is 0 Å². The molecule has 0 spiro atoms. The van der Waals surface area contributed by atoms with Crippen LogP contribution < -0.4 is 9.62 Å². The third kappa shape index (κ3) is 6.25. The Kier molecular flexibility index (Phi) is 8.10. The summed E-state index contributed by atoms with van der Waals surface area (Å²) in [5.74, 6) is 0.751. The Morgan fingerprint density at radius 3 is 2.56 bits per heavy atom. The molecule has 5 rings (SSSR count). The van der Waals surface area contributed by atoms with E-state index < -0.39 is 16.1 Å². The van der Waals surface area contributed by atoms with Crippen LogP contribution in [-0.2, 0) is 33.8 Å². The number of aryl methyl sites for hydroxylation is 1. The first kappa shape index (κ1) is 29.0. The highest BCUT2D eigenvalue weighted by atomic mass is 35.5. The van der Waals surface area contributed by atoms with Crippen LogP contribution in [-0.4, -0.2) is 23.9 Å². The zero-order chi connectivity index (χ0) is 29.4. The Balaban J connectivity index is 1.49. The van der Waals surface area contributed by atoms with E-state index in [0.29, 0.717) is 30.1 Å². The molecule has 1 heterocycles. The summed E-state index contributed by atoms with van der Waals surface area (Å²) in [4.78, 5) is 20.2. The van der Waals surface area contributed by atoms with Crippen molar-refractivity contribution in [1.82, 2.24) is 14.3 Å². The van der Waals surface area contributed by atoms with Gasteiger partial charge in [-0.2, -0.15) is 0 Å². The monoisotopic (exact) mass is 590 g/mol. The van der Waals surface area contributed by atoms with Crippen LogP contribution in [0, 0.1) is 0 Å². The Morgan fingerprint density at radius 1 is 1.12 bits per heavy atom. The zero-order valence-corrected chi connectivity index (χ0v) is 25.3. The molecule has 1 aliphatic rings. The van der Waals surface area contributed by atoms with Crippen molar-refractivity contribution in [3.63, 3.8) is 0 Å². The van der Waals surface area contributed by atoms with Gasteiger partial charge in [0.2, 0.25) is 15.9 Å². The Morgan fingerprint density at radius 2 is 1.88 bits per heavy atom. The number of aromatic nitrogens is 2. The molecule has 1 aromatic heterocycles. The van der Waals surface area contributed by atoms with Crippen molar-refractivity contribution in [2.75, 3.05) is 4.90 Å². The summed E-state index contributed by atoms with van der Waals surface area (Å²) in [6.07, 6.45) is 4.48. The van der Waals surface area contributed by atoms with E-state index in [1.807, 2.05) is 66.3 Å². The molecule has 214 valence electrons. The summed E-state index contributed by atoms with van der Waals surface area (Å²) in [5.41, 5.74) is 3.48. The van der Waals surface area contributed by atoms with E-state index in [4.69, 9.17) is 11.6 Å². The van der Waals surface area contributed by atoms with Crippen LogP contribution in [0.15, 0.2) is 90.1 Å². The van der Waals surface area contributed by atoms with Crippen molar-refractivity contribution < 1.29 is 13.2 Å². The van der Waals surface area contributed by atoms with Gasteiger partial charge < -0.3 is 9.47 Å². The average molecular weight is 591 g/mol. The molecule has 0 bridgehead atoms. The number of carbonyl (C=O) groups excluding carboxylic acids is 1. The average Bonchev–Trinajstić information content (AvgIpc) is 3.45. The van der Waals surface area contributed by atoms with E-state index in [2.05, 4.69) is 30.5 Å². The number of rotatable bonds is 9. The maximum Gasteiger partial charge on any atom is 0.241 e. The first-order valence-electron chi connectivity index (χ1n) is 13.7. The molecule has 7 nitrogen and oxygen atoms in total. The minimum atomic E-state index is -3.83. The number of hydrogen-bond acceptors (Lipinski definition) is 4. The number of nitrogens with zero attached hydrogens (tertiary/aromatic N) is 3. The summed E-state index contributed by atoms with van der Waals surface area (Å²) in [6, 6.07) is 21.7. The number of amides is 1. The number of imidazole rings is 1. The molecule has 3 aromatic carbocycles. The first-order valence-corrected chi connectivity index (χ1v) is 15.5. The van der Waals surface area contributed by atoms with Crippen molar-refractivity contribution in [3.05, 3.63) is 113 Å². The highest BCUT2D eigenvalue weighted by Gasteiger charge is 2.39. The highest BCUT2D eigenvalue weighted by Crippen LogP contribution is 2.46. The quantitative estimate of drug-likeness (QED) is 0.241. The lowest BCUT2D eigenvalue weighted by molar-refractivity contribution is -0.119. The molecule has 1 aliphatic carbocycles. The predicted molar refractivity (Wildman–Crippen MR) is 162 cm³/mol. The molecule has 0 saturated carbocycles. The number of nitrogens with one attached hydrogen (secondary N) is 1.